The number of nitrogens with one attached hydrogen (secondary N) is 3. The van der Waals surface area contributed by atoms with E-state index in [9.17, 15) is 14.4 Å². The molecule has 0 spiro atoms. The van der Waals surface area contributed by atoms with Crippen LogP contribution in [0, 0.1) is 0 Å². The third kappa shape index (κ3) is 6.68. The summed E-state index contributed by atoms with van der Waals surface area (Å²) >= 11 is 0. The van der Waals surface area contributed by atoms with Gasteiger partial charge >= 0.3 is 11.8 Å². The molecule has 1 aromatic rings. The monoisotopic (exact) mass is 398 g/mol. The number of aromatic nitrogens is 2. The van der Waals surface area contributed by atoms with Gasteiger partial charge in [0.05, 0.1) is 12.7 Å². The van der Waals surface area contributed by atoms with Crippen LogP contribution in [-0.4, -0.2) is 58.1 Å². The van der Waals surface area contributed by atoms with Gasteiger partial charge in [0, 0.05) is 19.3 Å². The molecule has 4 N–H and O–H groups in total. The number of hydrogen-bond acceptors (Lipinski definition) is 6. The highest BCUT2D eigenvalue weighted by Crippen LogP contribution is 2.26. The standard InChI is InChI=1S/C18H30N4O6/c1-18(2,3)28-17(26)20-9-5-4-8-19-15(24)13-10-22(16(25)21-13)14-7-6-12(11-23)27-14/h10,12,14,23H,4-9,11H2,1-3H3,(H,19,24)(H,20,26)(H,21,25). The van der Waals surface area contributed by atoms with Gasteiger partial charge in [0.2, 0.25) is 0 Å². The number of alkyl carbamates (subject to hydrolysis) is 1. The molecular weight excluding hydrogens is 368 g/mol. The Morgan fingerprint density at radius 2 is 1.96 bits per heavy atom. The first kappa shape index (κ1) is 22.0. The molecule has 2 heterocycles. The quantitative estimate of drug-likeness (QED) is 0.480. The van der Waals surface area contributed by atoms with Crippen LogP contribution in [0.4, 0.5) is 4.79 Å². The summed E-state index contributed by atoms with van der Waals surface area (Å²) in [7, 11) is 0. The lowest BCUT2D eigenvalue weighted by Crippen LogP contribution is -2.33. The Kier molecular flexibility index (Phi) is 7.64. The Labute approximate surface area is 163 Å². The molecule has 0 bridgehead atoms. The largest absolute Gasteiger partial charge is 0.444 e. The van der Waals surface area contributed by atoms with E-state index in [4.69, 9.17) is 14.6 Å². The van der Waals surface area contributed by atoms with Crippen LogP contribution < -0.4 is 16.3 Å². The van der Waals surface area contributed by atoms with Crippen molar-refractivity contribution >= 4 is 12.0 Å². The SMILES string of the molecule is CC(C)(C)OC(=O)NCCCCNC(=O)c1cn(C2CCC(CO)O2)c(=O)[nH]1. The van der Waals surface area contributed by atoms with Crippen LogP contribution in [0.25, 0.3) is 0 Å². The van der Waals surface area contributed by atoms with Crippen LogP contribution in [0.5, 0.6) is 0 Å². The summed E-state index contributed by atoms with van der Waals surface area (Å²) in [6.45, 7) is 6.15. The van der Waals surface area contributed by atoms with Crippen molar-refractivity contribution in [2.75, 3.05) is 19.7 Å². The van der Waals surface area contributed by atoms with Gasteiger partial charge in [-0.1, -0.05) is 0 Å². The molecule has 0 radical (unpaired) electrons. The predicted molar refractivity (Wildman–Crippen MR) is 101 cm³/mol. The number of amides is 2. The number of aliphatic hydroxyl groups is 1. The van der Waals surface area contributed by atoms with Gasteiger partial charge in [0.25, 0.3) is 5.91 Å². The predicted octanol–water partition coefficient (Wildman–Crippen LogP) is 0.881. The van der Waals surface area contributed by atoms with Crippen molar-refractivity contribution < 1.29 is 24.2 Å². The van der Waals surface area contributed by atoms with Crippen molar-refractivity contribution in [2.24, 2.45) is 0 Å². The molecule has 2 amide bonds. The van der Waals surface area contributed by atoms with E-state index in [1.807, 2.05) is 0 Å². The maximum absolute atomic E-state index is 12.2. The van der Waals surface area contributed by atoms with Crippen LogP contribution in [0.1, 0.15) is 63.2 Å². The fourth-order valence-corrected chi connectivity index (χ4v) is 2.82. The number of ether oxygens (including phenoxy) is 2. The zero-order valence-corrected chi connectivity index (χ0v) is 16.6. The number of rotatable bonds is 8. The first-order valence-corrected chi connectivity index (χ1v) is 9.52. The van der Waals surface area contributed by atoms with Gasteiger partial charge in [-0.25, -0.2) is 9.59 Å². The molecule has 2 rings (SSSR count). The summed E-state index contributed by atoms with van der Waals surface area (Å²) < 4.78 is 12.0. The number of aromatic amines is 1. The lowest BCUT2D eigenvalue weighted by atomic mass is 10.2. The minimum Gasteiger partial charge on any atom is -0.444 e. The van der Waals surface area contributed by atoms with Crippen molar-refractivity contribution in [1.82, 2.24) is 20.2 Å². The number of hydrogen-bond donors (Lipinski definition) is 4. The molecule has 10 heteroatoms. The molecule has 1 fully saturated rings. The Morgan fingerprint density at radius 3 is 2.57 bits per heavy atom. The van der Waals surface area contributed by atoms with Crippen LogP contribution in [-0.2, 0) is 9.47 Å². The van der Waals surface area contributed by atoms with Crippen molar-refractivity contribution in [3.05, 3.63) is 22.4 Å². The van der Waals surface area contributed by atoms with E-state index in [-0.39, 0.29) is 24.3 Å². The van der Waals surface area contributed by atoms with Gasteiger partial charge < -0.3 is 30.2 Å². The molecule has 1 aliphatic heterocycles. The first-order chi connectivity index (χ1) is 13.2. The molecule has 0 aromatic carbocycles. The van der Waals surface area contributed by atoms with E-state index < -0.39 is 23.6 Å². The van der Waals surface area contributed by atoms with Gasteiger partial charge in [-0.3, -0.25) is 9.36 Å². The number of nitrogens with zero attached hydrogens (tertiary/aromatic N) is 1. The fraction of sp³-hybridized carbons (Fsp3) is 0.722. The van der Waals surface area contributed by atoms with Crippen molar-refractivity contribution in [3.63, 3.8) is 0 Å². The molecule has 1 aliphatic rings. The van der Waals surface area contributed by atoms with Gasteiger partial charge in [-0.05, 0) is 46.5 Å². The molecule has 158 valence electrons. The third-order valence-corrected chi connectivity index (χ3v) is 4.15. The second-order valence-electron chi connectivity index (χ2n) is 7.74. The van der Waals surface area contributed by atoms with E-state index >= 15 is 0 Å². The van der Waals surface area contributed by atoms with E-state index in [0.717, 1.165) is 0 Å². The van der Waals surface area contributed by atoms with Crippen molar-refractivity contribution in [2.45, 2.75) is 64.4 Å². The summed E-state index contributed by atoms with van der Waals surface area (Å²) in [5.41, 5.74) is -0.795. The summed E-state index contributed by atoms with van der Waals surface area (Å²) in [5, 5.41) is 14.5. The average molecular weight is 398 g/mol. The lowest BCUT2D eigenvalue weighted by molar-refractivity contribution is -0.0238. The van der Waals surface area contributed by atoms with Crippen LogP contribution in [0.3, 0.4) is 0 Å². The van der Waals surface area contributed by atoms with Gasteiger partial charge in [0.1, 0.15) is 17.5 Å². The van der Waals surface area contributed by atoms with Crippen LogP contribution in [0.2, 0.25) is 0 Å². The summed E-state index contributed by atoms with van der Waals surface area (Å²) in [4.78, 5) is 38.2. The maximum atomic E-state index is 12.2. The number of imidazole rings is 1. The van der Waals surface area contributed by atoms with E-state index in [1.54, 1.807) is 20.8 Å². The Hall–Kier alpha value is -2.33. The zero-order chi connectivity index (χ0) is 20.7. The van der Waals surface area contributed by atoms with Crippen LogP contribution >= 0.6 is 0 Å². The highest BCUT2D eigenvalue weighted by Gasteiger charge is 2.28. The van der Waals surface area contributed by atoms with E-state index in [2.05, 4.69) is 15.6 Å². The molecule has 2 atom stereocenters. The number of aliphatic hydroxyl groups excluding tert-OH is 1. The average Bonchev–Trinajstić information content (AvgIpc) is 3.22. The Bertz CT molecular complexity index is 720. The van der Waals surface area contributed by atoms with Gasteiger partial charge in [-0.2, -0.15) is 0 Å². The Morgan fingerprint density at radius 1 is 1.29 bits per heavy atom. The fourth-order valence-electron chi connectivity index (χ4n) is 2.82. The van der Waals surface area contributed by atoms with Crippen LogP contribution in [0.15, 0.2) is 11.0 Å². The smallest absolute Gasteiger partial charge is 0.407 e. The summed E-state index contributed by atoms with van der Waals surface area (Å²) in [6.07, 6.45) is 2.83. The number of carbonyl (C=O) groups is 2. The van der Waals surface area contributed by atoms with Gasteiger partial charge in [-0.15, -0.1) is 0 Å². The molecule has 2 unspecified atom stereocenters. The maximum Gasteiger partial charge on any atom is 0.407 e. The molecule has 0 aliphatic carbocycles. The zero-order valence-electron chi connectivity index (χ0n) is 16.6. The highest BCUT2D eigenvalue weighted by atomic mass is 16.6. The lowest BCUT2D eigenvalue weighted by Gasteiger charge is -2.19. The molecule has 28 heavy (non-hydrogen) atoms. The minimum absolute atomic E-state index is 0.0915. The van der Waals surface area contributed by atoms with E-state index in [0.29, 0.717) is 38.8 Å². The number of unbranched alkanes of at least 4 members (excludes halogenated alkanes) is 1. The topological polar surface area (TPSA) is 135 Å². The molecular formula is C18H30N4O6. The van der Waals surface area contributed by atoms with Crippen molar-refractivity contribution in [3.8, 4) is 0 Å². The second-order valence-corrected chi connectivity index (χ2v) is 7.74. The number of carbonyl (C=O) groups excluding carboxylic acids is 2. The summed E-state index contributed by atoms with van der Waals surface area (Å²) in [5.74, 6) is -0.382. The van der Waals surface area contributed by atoms with Gasteiger partial charge in [0.15, 0.2) is 0 Å². The number of H-pyrrole nitrogens is 1. The van der Waals surface area contributed by atoms with Crippen molar-refractivity contribution in [1.29, 1.82) is 0 Å². The summed E-state index contributed by atoms with van der Waals surface area (Å²) in [6, 6.07) is 0. The molecule has 1 aromatic heterocycles. The molecule has 0 saturated carbocycles. The first-order valence-electron chi connectivity index (χ1n) is 9.52. The Balaban J connectivity index is 1.69. The van der Waals surface area contributed by atoms with E-state index in [1.165, 1.54) is 10.8 Å². The molecule has 1 saturated heterocycles. The second kappa shape index (κ2) is 9.74. The highest BCUT2D eigenvalue weighted by molar-refractivity contribution is 5.91. The minimum atomic E-state index is -0.534. The normalized spacial score (nSPS) is 19.4. The third-order valence-electron chi connectivity index (χ3n) is 4.15. The molecule has 10 nitrogen and oxygen atoms in total.